The van der Waals surface area contributed by atoms with Gasteiger partial charge in [-0.1, -0.05) is 26.2 Å². The third kappa shape index (κ3) is 3.40. The third-order valence-electron chi connectivity index (χ3n) is 2.84. The summed E-state index contributed by atoms with van der Waals surface area (Å²) in [7, 11) is 0. The van der Waals surface area contributed by atoms with Gasteiger partial charge in [-0.25, -0.2) is 4.98 Å². The monoisotopic (exact) mass is 261 g/mol. The molecule has 0 aliphatic carbocycles. The maximum absolute atomic E-state index is 5.58. The van der Waals surface area contributed by atoms with E-state index >= 15 is 0 Å². The van der Waals surface area contributed by atoms with Gasteiger partial charge < -0.3 is 11.5 Å². The molecule has 2 aromatic heterocycles. The number of rotatable bonds is 6. The van der Waals surface area contributed by atoms with Crippen molar-refractivity contribution in [2.45, 2.75) is 39.0 Å². The van der Waals surface area contributed by atoms with Crippen molar-refractivity contribution in [1.29, 1.82) is 0 Å². The molecule has 7 heteroatoms. The molecule has 102 valence electrons. The molecule has 0 aliphatic heterocycles. The van der Waals surface area contributed by atoms with E-state index in [1.54, 1.807) is 10.8 Å². The van der Waals surface area contributed by atoms with Gasteiger partial charge in [0.2, 0.25) is 17.8 Å². The fourth-order valence-corrected chi connectivity index (χ4v) is 1.92. The second-order valence-corrected chi connectivity index (χ2v) is 4.38. The molecule has 0 bridgehead atoms. The van der Waals surface area contributed by atoms with Crippen molar-refractivity contribution in [2.75, 3.05) is 11.5 Å². The van der Waals surface area contributed by atoms with E-state index in [4.69, 9.17) is 11.5 Å². The maximum Gasteiger partial charge on any atom is 0.241 e. The van der Waals surface area contributed by atoms with Gasteiger partial charge in [-0.05, 0) is 6.42 Å². The van der Waals surface area contributed by atoms with Gasteiger partial charge in [-0.3, -0.25) is 4.57 Å². The number of nitrogens with zero attached hydrogens (tertiary/aromatic N) is 5. The summed E-state index contributed by atoms with van der Waals surface area (Å²) in [5, 5.41) is 0. The van der Waals surface area contributed by atoms with Crippen molar-refractivity contribution in [3.05, 3.63) is 18.2 Å². The molecule has 2 aromatic rings. The van der Waals surface area contributed by atoms with Crippen LogP contribution in [0.25, 0.3) is 5.95 Å². The quantitative estimate of drug-likeness (QED) is 0.760. The summed E-state index contributed by atoms with van der Waals surface area (Å²) in [6.45, 7) is 2.19. The van der Waals surface area contributed by atoms with Gasteiger partial charge in [-0.2, -0.15) is 15.0 Å². The Kier molecular flexibility index (Phi) is 4.27. The van der Waals surface area contributed by atoms with Crippen molar-refractivity contribution >= 4 is 11.9 Å². The van der Waals surface area contributed by atoms with E-state index in [1.165, 1.54) is 19.3 Å². The molecule has 4 N–H and O–H groups in total. The Balaban J connectivity index is 2.14. The van der Waals surface area contributed by atoms with E-state index in [2.05, 4.69) is 26.9 Å². The van der Waals surface area contributed by atoms with Gasteiger partial charge in [0, 0.05) is 18.8 Å². The van der Waals surface area contributed by atoms with Gasteiger partial charge in [-0.15, -0.1) is 0 Å². The molecular weight excluding hydrogens is 242 g/mol. The highest BCUT2D eigenvalue weighted by Gasteiger charge is 2.09. The minimum absolute atomic E-state index is 0.119. The summed E-state index contributed by atoms with van der Waals surface area (Å²) >= 11 is 0. The number of anilines is 2. The van der Waals surface area contributed by atoms with Crippen LogP contribution in [-0.2, 0) is 6.42 Å². The number of nitrogen functional groups attached to an aromatic ring is 2. The van der Waals surface area contributed by atoms with Crippen LogP contribution in [0, 0.1) is 0 Å². The summed E-state index contributed by atoms with van der Waals surface area (Å²) in [4.78, 5) is 16.3. The van der Waals surface area contributed by atoms with Gasteiger partial charge in [0.1, 0.15) is 5.82 Å². The van der Waals surface area contributed by atoms with Crippen LogP contribution in [0.5, 0.6) is 0 Å². The molecule has 0 aliphatic rings. The van der Waals surface area contributed by atoms with E-state index in [-0.39, 0.29) is 11.9 Å². The van der Waals surface area contributed by atoms with Crippen LogP contribution in [-0.4, -0.2) is 24.5 Å². The Morgan fingerprint density at radius 3 is 2.47 bits per heavy atom. The summed E-state index contributed by atoms with van der Waals surface area (Å²) in [6.07, 6.45) is 9.18. The topological polar surface area (TPSA) is 109 Å². The van der Waals surface area contributed by atoms with Crippen LogP contribution in [0.15, 0.2) is 12.4 Å². The number of hydrogen-bond donors (Lipinski definition) is 2. The molecule has 0 amide bonds. The van der Waals surface area contributed by atoms with E-state index in [1.807, 2.05) is 6.20 Å². The molecule has 0 saturated heterocycles. The minimum Gasteiger partial charge on any atom is -0.368 e. The predicted octanol–water partition coefficient (Wildman–Crippen LogP) is 1.34. The van der Waals surface area contributed by atoms with E-state index < -0.39 is 0 Å². The molecule has 0 atom stereocenters. The lowest BCUT2D eigenvalue weighted by Crippen LogP contribution is -2.10. The second-order valence-electron chi connectivity index (χ2n) is 4.38. The summed E-state index contributed by atoms with van der Waals surface area (Å²) < 4.78 is 1.81. The first-order valence-corrected chi connectivity index (χ1v) is 6.50. The average Bonchev–Trinajstić information content (AvgIpc) is 2.82. The molecule has 0 spiro atoms. The van der Waals surface area contributed by atoms with Crippen molar-refractivity contribution in [2.24, 2.45) is 0 Å². The summed E-state index contributed by atoms with van der Waals surface area (Å²) in [5.41, 5.74) is 11.2. The van der Waals surface area contributed by atoms with Gasteiger partial charge in [0.25, 0.3) is 0 Å². The fourth-order valence-electron chi connectivity index (χ4n) is 1.92. The molecule has 0 saturated carbocycles. The molecule has 19 heavy (non-hydrogen) atoms. The van der Waals surface area contributed by atoms with Crippen LogP contribution in [0.2, 0.25) is 0 Å². The maximum atomic E-state index is 5.58. The second kappa shape index (κ2) is 6.12. The largest absolute Gasteiger partial charge is 0.368 e. The lowest BCUT2D eigenvalue weighted by molar-refractivity contribution is 0.644. The zero-order valence-electron chi connectivity index (χ0n) is 11.1. The number of aryl methyl sites for hydroxylation is 1. The van der Waals surface area contributed by atoms with E-state index in [0.717, 1.165) is 18.7 Å². The molecule has 7 nitrogen and oxygen atoms in total. The first-order valence-electron chi connectivity index (χ1n) is 6.50. The van der Waals surface area contributed by atoms with Crippen molar-refractivity contribution < 1.29 is 0 Å². The molecule has 0 fully saturated rings. The zero-order valence-corrected chi connectivity index (χ0v) is 11.1. The Bertz CT molecular complexity index is 514. The van der Waals surface area contributed by atoms with Crippen molar-refractivity contribution in [3.8, 4) is 5.95 Å². The van der Waals surface area contributed by atoms with Gasteiger partial charge in [0.15, 0.2) is 0 Å². The van der Waals surface area contributed by atoms with Crippen molar-refractivity contribution in [1.82, 2.24) is 24.5 Å². The highest BCUT2D eigenvalue weighted by atomic mass is 15.3. The first-order chi connectivity index (χ1) is 9.20. The number of hydrogen-bond acceptors (Lipinski definition) is 6. The zero-order chi connectivity index (χ0) is 13.7. The Morgan fingerprint density at radius 1 is 1.05 bits per heavy atom. The van der Waals surface area contributed by atoms with Crippen LogP contribution >= 0.6 is 0 Å². The van der Waals surface area contributed by atoms with Crippen LogP contribution < -0.4 is 11.5 Å². The van der Waals surface area contributed by atoms with E-state index in [0.29, 0.717) is 5.95 Å². The smallest absolute Gasteiger partial charge is 0.241 e. The Hall–Kier alpha value is -2.18. The fraction of sp³-hybridized carbons (Fsp3) is 0.500. The number of unbranched alkanes of at least 4 members (excludes halogenated alkanes) is 3. The van der Waals surface area contributed by atoms with Crippen LogP contribution in [0.1, 0.15) is 38.4 Å². The lowest BCUT2D eigenvalue weighted by atomic mass is 10.1. The third-order valence-corrected chi connectivity index (χ3v) is 2.84. The highest BCUT2D eigenvalue weighted by molar-refractivity contribution is 5.31. The van der Waals surface area contributed by atoms with E-state index in [9.17, 15) is 0 Å². The molecular formula is C12H19N7. The van der Waals surface area contributed by atoms with Gasteiger partial charge >= 0.3 is 0 Å². The molecule has 0 radical (unpaired) electrons. The lowest BCUT2D eigenvalue weighted by Gasteiger charge is -2.06. The van der Waals surface area contributed by atoms with Crippen LogP contribution in [0.4, 0.5) is 11.9 Å². The standard InChI is InChI=1S/C12H19N7/c1-2-3-4-5-6-9-15-7-8-19(9)12-17-10(13)16-11(14)18-12/h7-8H,2-6H2,1H3,(H4,13,14,16,17,18). The molecule has 0 unspecified atom stereocenters. The van der Waals surface area contributed by atoms with Crippen LogP contribution in [0.3, 0.4) is 0 Å². The van der Waals surface area contributed by atoms with Crippen molar-refractivity contribution in [3.63, 3.8) is 0 Å². The number of aromatic nitrogens is 5. The normalized spacial score (nSPS) is 10.8. The SMILES string of the molecule is CCCCCCc1nccn1-c1nc(N)nc(N)n1. The predicted molar refractivity (Wildman–Crippen MR) is 73.6 cm³/mol. The first kappa shape index (κ1) is 13.3. The average molecular weight is 261 g/mol. The Morgan fingerprint density at radius 2 is 1.79 bits per heavy atom. The molecule has 0 aromatic carbocycles. The molecule has 2 heterocycles. The highest BCUT2D eigenvalue weighted by Crippen LogP contribution is 2.11. The number of nitrogens with two attached hydrogens (primary N) is 2. The minimum atomic E-state index is 0.119. The van der Waals surface area contributed by atoms with Gasteiger partial charge in [0.05, 0.1) is 0 Å². The Labute approximate surface area is 112 Å². The summed E-state index contributed by atoms with van der Waals surface area (Å²) in [5.74, 6) is 1.58. The summed E-state index contributed by atoms with van der Waals surface area (Å²) in [6, 6.07) is 0. The molecule has 2 rings (SSSR count). The number of imidazole rings is 1.